The zero-order chi connectivity index (χ0) is 8.97. The molecule has 2 nitrogen and oxygen atoms in total. The molecule has 0 bridgehead atoms. The van der Waals surface area contributed by atoms with Crippen LogP contribution in [0.5, 0.6) is 5.88 Å². The van der Waals surface area contributed by atoms with Crippen LogP contribution >= 0.6 is 0 Å². The molecular formula is C10H13NO. The second-order valence-electron chi connectivity index (χ2n) is 2.48. The van der Waals surface area contributed by atoms with Crippen molar-refractivity contribution < 1.29 is 4.74 Å². The molecule has 1 aromatic heterocycles. The molecule has 64 valence electrons. The van der Waals surface area contributed by atoms with Crippen molar-refractivity contribution >= 4 is 6.08 Å². The molecule has 0 spiro atoms. The maximum atomic E-state index is 5.01. The highest BCUT2D eigenvalue weighted by Gasteiger charge is 1.99. The van der Waals surface area contributed by atoms with E-state index in [1.807, 2.05) is 12.1 Å². The number of aryl methyl sites for hydroxylation is 1. The minimum atomic E-state index is 0.664. The monoisotopic (exact) mass is 163 g/mol. The second kappa shape index (κ2) is 3.90. The summed E-state index contributed by atoms with van der Waals surface area (Å²) in [6.45, 7) is 5.81. The van der Waals surface area contributed by atoms with Crippen molar-refractivity contribution in [1.29, 1.82) is 0 Å². The Balaban J connectivity index is 3.10. The maximum Gasteiger partial charge on any atom is 0.213 e. The summed E-state index contributed by atoms with van der Waals surface area (Å²) in [7, 11) is 1.62. The lowest BCUT2D eigenvalue weighted by Crippen LogP contribution is -1.92. The Labute approximate surface area is 72.9 Å². The quantitative estimate of drug-likeness (QED) is 0.682. The summed E-state index contributed by atoms with van der Waals surface area (Å²) in [5.74, 6) is 0.664. The van der Waals surface area contributed by atoms with Gasteiger partial charge in [-0.2, -0.15) is 0 Å². The Kier molecular flexibility index (Phi) is 2.86. The van der Waals surface area contributed by atoms with E-state index in [0.717, 1.165) is 12.0 Å². The molecule has 0 aliphatic carbocycles. The molecule has 1 rings (SSSR count). The lowest BCUT2D eigenvalue weighted by Gasteiger charge is -2.04. The van der Waals surface area contributed by atoms with Crippen LogP contribution in [0.1, 0.15) is 18.1 Å². The Morgan fingerprint density at radius 3 is 2.92 bits per heavy atom. The van der Waals surface area contributed by atoms with E-state index in [-0.39, 0.29) is 0 Å². The highest BCUT2D eigenvalue weighted by Crippen LogP contribution is 2.15. The summed E-state index contributed by atoms with van der Waals surface area (Å²) in [6, 6.07) is 1.94. The lowest BCUT2D eigenvalue weighted by atomic mass is 10.1. The molecule has 0 aromatic carbocycles. The first-order valence-corrected chi connectivity index (χ1v) is 3.97. The molecule has 0 unspecified atom stereocenters. The molecule has 1 aromatic rings. The average molecular weight is 163 g/mol. The lowest BCUT2D eigenvalue weighted by molar-refractivity contribution is 0.397. The molecule has 0 saturated heterocycles. The summed E-state index contributed by atoms with van der Waals surface area (Å²) in [4.78, 5) is 4.08. The zero-order valence-electron chi connectivity index (χ0n) is 7.50. The predicted molar refractivity (Wildman–Crippen MR) is 50.3 cm³/mol. The molecule has 12 heavy (non-hydrogen) atoms. The SMILES string of the molecule is C=Cc1cnc(OC)cc1CC. The molecule has 0 radical (unpaired) electrons. The standard InChI is InChI=1S/C10H13NO/c1-4-8-6-10(12-3)11-7-9(8)5-2/h5-7H,2,4H2,1,3H3. The molecule has 2 heteroatoms. The van der Waals surface area contributed by atoms with E-state index < -0.39 is 0 Å². The van der Waals surface area contributed by atoms with Gasteiger partial charge in [0.05, 0.1) is 7.11 Å². The van der Waals surface area contributed by atoms with Gasteiger partial charge in [0.2, 0.25) is 5.88 Å². The fourth-order valence-electron chi connectivity index (χ4n) is 1.09. The van der Waals surface area contributed by atoms with Gasteiger partial charge in [0.15, 0.2) is 0 Å². The number of rotatable bonds is 3. The average Bonchev–Trinajstić information content (AvgIpc) is 2.16. The predicted octanol–water partition coefficient (Wildman–Crippen LogP) is 2.30. The van der Waals surface area contributed by atoms with Crippen molar-refractivity contribution in [3.8, 4) is 5.88 Å². The van der Waals surface area contributed by atoms with E-state index in [1.54, 1.807) is 13.3 Å². The number of ether oxygens (including phenoxy) is 1. The number of pyridine rings is 1. The molecule has 0 N–H and O–H groups in total. The van der Waals surface area contributed by atoms with Gasteiger partial charge in [0.25, 0.3) is 0 Å². The fraction of sp³-hybridized carbons (Fsp3) is 0.300. The molecule has 0 saturated carbocycles. The van der Waals surface area contributed by atoms with Gasteiger partial charge in [0, 0.05) is 12.3 Å². The minimum absolute atomic E-state index is 0.664. The van der Waals surface area contributed by atoms with Gasteiger partial charge < -0.3 is 4.74 Å². The van der Waals surface area contributed by atoms with Crippen molar-refractivity contribution in [1.82, 2.24) is 4.98 Å². The third-order valence-corrected chi connectivity index (χ3v) is 1.81. The van der Waals surface area contributed by atoms with Crippen molar-refractivity contribution in [3.63, 3.8) is 0 Å². The van der Waals surface area contributed by atoms with E-state index in [4.69, 9.17) is 4.74 Å². The fourth-order valence-corrected chi connectivity index (χ4v) is 1.09. The van der Waals surface area contributed by atoms with Gasteiger partial charge in [0.1, 0.15) is 0 Å². The number of methoxy groups -OCH3 is 1. The van der Waals surface area contributed by atoms with Gasteiger partial charge in [-0.3, -0.25) is 0 Å². The smallest absolute Gasteiger partial charge is 0.213 e. The second-order valence-corrected chi connectivity index (χ2v) is 2.48. The third-order valence-electron chi connectivity index (χ3n) is 1.81. The van der Waals surface area contributed by atoms with E-state index >= 15 is 0 Å². The Morgan fingerprint density at radius 2 is 2.42 bits per heavy atom. The summed E-state index contributed by atoms with van der Waals surface area (Å²) >= 11 is 0. The summed E-state index contributed by atoms with van der Waals surface area (Å²) in [5.41, 5.74) is 2.30. The van der Waals surface area contributed by atoms with Gasteiger partial charge >= 0.3 is 0 Å². The van der Waals surface area contributed by atoms with Crippen molar-refractivity contribution in [3.05, 3.63) is 30.0 Å². The van der Waals surface area contributed by atoms with E-state index in [1.165, 1.54) is 5.56 Å². The van der Waals surface area contributed by atoms with Crippen LogP contribution < -0.4 is 4.74 Å². The number of hydrogen-bond donors (Lipinski definition) is 0. The number of nitrogens with zero attached hydrogens (tertiary/aromatic N) is 1. The molecule has 0 amide bonds. The van der Waals surface area contributed by atoms with Crippen LogP contribution in [-0.2, 0) is 6.42 Å². The van der Waals surface area contributed by atoms with Crippen LogP contribution in [0, 0.1) is 0 Å². The van der Waals surface area contributed by atoms with Gasteiger partial charge in [-0.1, -0.05) is 19.6 Å². The summed E-state index contributed by atoms with van der Waals surface area (Å²) in [5, 5.41) is 0. The zero-order valence-corrected chi connectivity index (χ0v) is 7.50. The van der Waals surface area contributed by atoms with Crippen LogP contribution in [0.15, 0.2) is 18.8 Å². The molecular weight excluding hydrogens is 150 g/mol. The minimum Gasteiger partial charge on any atom is -0.481 e. The third kappa shape index (κ3) is 1.64. The molecule has 0 aliphatic rings. The first-order valence-electron chi connectivity index (χ1n) is 3.97. The molecule has 0 atom stereocenters. The van der Waals surface area contributed by atoms with Crippen molar-refractivity contribution in [2.24, 2.45) is 0 Å². The summed E-state index contributed by atoms with van der Waals surface area (Å²) < 4.78 is 5.01. The van der Waals surface area contributed by atoms with Crippen LogP contribution in [0.4, 0.5) is 0 Å². The van der Waals surface area contributed by atoms with Crippen molar-refractivity contribution in [2.75, 3.05) is 7.11 Å². The first-order chi connectivity index (χ1) is 5.81. The Bertz CT molecular complexity index is 281. The van der Waals surface area contributed by atoms with E-state index in [2.05, 4.69) is 18.5 Å². The largest absolute Gasteiger partial charge is 0.481 e. The van der Waals surface area contributed by atoms with Crippen LogP contribution in [0.3, 0.4) is 0 Å². The highest BCUT2D eigenvalue weighted by molar-refractivity contribution is 5.51. The van der Waals surface area contributed by atoms with Gasteiger partial charge in [-0.05, 0) is 17.5 Å². The van der Waals surface area contributed by atoms with Gasteiger partial charge in [-0.25, -0.2) is 4.98 Å². The maximum absolute atomic E-state index is 5.01. The summed E-state index contributed by atoms with van der Waals surface area (Å²) in [6.07, 6.45) is 4.57. The number of aromatic nitrogens is 1. The topological polar surface area (TPSA) is 22.1 Å². The van der Waals surface area contributed by atoms with E-state index in [0.29, 0.717) is 5.88 Å². The molecule has 0 aliphatic heterocycles. The Morgan fingerprint density at radius 1 is 1.67 bits per heavy atom. The van der Waals surface area contributed by atoms with Crippen LogP contribution in [-0.4, -0.2) is 12.1 Å². The van der Waals surface area contributed by atoms with Crippen LogP contribution in [0.25, 0.3) is 6.08 Å². The Hall–Kier alpha value is -1.31. The van der Waals surface area contributed by atoms with Gasteiger partial charge in [-0.15, -0.1) is 0 Å². The highest BCUT2D eigenvalue weighted by atomic mass is 16.5. The van der Waals surface area contributed by atoms with Crippen molar-refractivity contribution in [2.45, 2.75) is 13.3 Å². The normalized spacial score (nSPS) is 9.50. The first kappa shape index (κ1) is 8.78. The van der Waals surface area contributed by atoms with Crippen LogP contribution in [0.2, 0.25) is 0 Å². The van der Waals surface area contributed by atoms with E-state index in [9.17, 15) is 0 Å². The number of hydrogen-bond acceptors (Lipinski definition) is 2. The molecule has 0 fully saturated rings. The molecule has 1 heterocycles.